The van der Waals surface area contributed by atoms with Gasteiger partial charge < -0.3 is 19.5 Å². The van der Waals surface area contributed by atoms with E-state index in [0.717, 1.165) is 12.1 Å². The Bertz CT molecular complexity index is 613. The monoisotopic (exact) mass is 315 g/mol. The van der Waals surface area contributed by atoms with Gasteiger partial charge in [0, 0.05) is 12.6 Å². The molecule has 1 unspecified atom stereocenters. The van der Waals surface area contributed by atoms with Crippen LogP contribution in [0.2, 0.25) is 0 Å². The van der Waals surface area contributed by atoms with Crippen LogP contribution < -0.4 is 19.5 Å². The largest absolute Gasteiger partial charge is 0.493 e. The van der Waals surface area contributed by atoms with Crippen LogP contribution in [0.5, 0.6) is 17.2 Å². The quantitative estimate of drug-likeness (QED) is 0.842. The minimum atomic E-state index is 0.157. The first kappa shape index (κ1) is 17.2. The lowest BCUT2D eigenvalue weighted by Gasteiger charge is -2.19. The third-order valence-corrected chi connectivity index (χ3v) is 3.92. The summed E-state index contributed by atoms with van der Waals surface area (Å²) in [4.78, 5) is 0. The second kappa shape index (κ2) is 7.88. The molecule has 2 aromatic rings. The summed E-state index contributed by atoms with van der Waals surface area (Å²) in [5.41, 5.74) is 3.62. The minimum Gasteiger partial charge on any atom is -0.493 e. The Morgan fingerprint density at radius 3 is 1.96 bits per heavy atom. The molecule has 1 N–H and O–H groups in total. The molecule has 0 radical (unpaired) electrons. The molecule has 2 aromatic carbocycles. The van der Waals surface area contributed by atoms with Gasteiger partial charge in [0.25, 0.3) is 0 Å². The van der Waals surface area contributed by atoms with Crippen LogP contribution in [-0.2, 0) is 6.54 Å². The number of hydrogen-bond acceptors (Lipinski definition) is 4. The average molecular weight is 315 g/mol. The van der Waals surface area contributed by atoms with Gasteiger partial charge in [-0.2, -0.15) is 0 Å². The standard InChI is InChI=1S/C19H25NO3/c1-13-6-8-15(9-7-13)12-20-14(2)16-10-17(21-3)19(23-5)18(11-16)22-4/h6-11,14,20H,12H2,1-5H3. The topological polar surface area (TPSA) is 39.7 Å². The van der Waals surface area contributed by atoms with Gasteiger partial charge in [-0.1, -0.05) is 29.8 Å². The van der Waals surface area contributed by atoms with E-state index in [1.165, 1.54) is 11.1 Å². The molecule has 4 nitrogen and oxygen atoms in total. The van der Waals surface area contributed by atoms with Crippen LogP contribution in [-0.4, -0.2) is 21.3 Å². The normalized spacial score (nSPS) is 11.9. The highest BCUT2D eigenvalue weighted by molar-refractivity contribution is 5.54. The van der Waals surface area contributed by atoms with Crippen LogP contribution in [0.1, 0.15) is 29.7 Å². The second-order valence-corrected chi connectivity index (χ2v) is 5.55. The highest BCUT2D eigenvalue weighted by Gasteiger charge is 2.16. The maximum absolute atomic E-state index is 5.41. The van der Waals surface area contributed by atoms with Gasteiger partial charge in [-0.15, -0.1) is 0 Å². The number of hydrogen-bond donors (Lipinski definition) is 1. The number of ether oxygens (including phenoxy) is 3. The van der Waals surface area contributed by atoms with E-state index in [0.29, 0.717) is 17.2 Å². The molecule has 0 bridgehead atoms. The summed E-state index contributed by atoms with van der Waals surface area (Å²) in [6.45, 7) is 5.02. The van der Waals surface area contributed by atoms with Crippen LogP contribution >= 0.6 is 0 Å². The number of rotatable bonds is 7. The Balaban J connectivity index is 2.15. The van der Waals surface area contributed by atoms with Crippen molar-refractivity contribution < 1.29 is 14.2 Å². The van der Waals surface area contributed by atoms with Crippen molar-refractivity contribution in [3.05, 3.63) is 53.1 Å². The van der Waals surface area contributed by atoms with Gasteiger partial charge in [0.2, 0.25) is 5.75 Å². The SMILES string of the molecule is COc1cc(C(C)NCc2ccc(C)cc2)cc(OC)c1OC. The molecule has 0 aliphatic carbocycles. The Morgan fingerprint density at radius 2 is 1.48 bits per heavy atom. The molecule has 4 heteroatoms. The molecule has 0 spiro atoms. The van der Waals surface area contributed by atoms with E-state index < -0.39 is 0 Å². The molecule has 1 atom stereocenters. The van der Waals surface area contributed by atoms with Gasteiger partial charge >= 0.3 is 0 Å². The van der Waals surface area contributed by atoms with E-state index in [1.807, 2.05) is 12.1 Å². The zero-order chi connectivity index (χ0) is 16.8. The van der Waals surface area contributed by atoms with Crippen molar-refractivity contribution in [1.82, 2.24) is 5.32 Å². The molecule has 23 heavy (non-hydrogen) atoms. The first-order valence-corrected chi connectivity index (χ1v) is 7.67. The summed E-state index contributed by atoms with van der Waals surface area (Å²) in [7, 11) is 4.87. The molecule has 0 saturated heterocycles. The fourth-order valence-corrected chi connectivity index (χ4v) is 2.45. The summed E-state index contributed by atoms with van der Waals surface area (Å²) < 4.78 is 16.2. The summed E-state index contributed by atoms with van der Waals surface area (Å²) in [5.74, 6) is 1.96. The van der Waals surface area contributed by atoms with Gasteiger partial charge in [0.1, 0.15) is 0 Å². The molecular weight excluding hydrogens is 290 g/mol. The zero-order valence-electron chi connectivity index (χ0n) is 14.5. The second-order valence-electron chi connectivity index (χ2n) is 5.55. The average Bonchev–Trinajstić information content (AvgIpc) is 2.59. The highest BCUT2D eigenvalue weighted by atomic mass is 16.5. The van der Waals surface area contributed by atoms with Gasteiger partial charge in [-0.25, -0.2) is 0 Å². The Labute approximate surface area is 138 Å². The van der Waals surface area contributed by atoms with Crippen molar-refractivity contribution in [3.63, 3.8) is 0 Å². The van der Waals surface area contributed by atoms with Crippen LogP contribution in [0, 0.1) is 6.92 Å². The first-order chi connectivity index (χ1) is 11.1. The smallest absolute Gasteiger partial charge is 0.203 e. The van der Waals surface area contributed by atoms with E-state index in [9.17, 15) is 0 Å². The molecule has 0 fully saturated rings. The highest BCUT2D eigenvalue weighted by Crippen LogP contribution is 2.39. The molecule has 0 aliphatic heterocycles. The van der Waals surface area contributed by atoms with E-state index in [2.05, 4.69) is 43.4 Å². The molecule has 0 aliphatic rings. The van der Waals surface area contributed by atoms with Crippen molar-refractivity contribution in [2.75, 3.05) is 21.3 Å². The zero-order valence-corrected chi connectivity index (χ0v) is 14.5. The van der Waals surface area contributed by atoms with Gasteiger partial charge in [0.05, 0.1) is 21.3 Å². The molecule has 0 heterocycles. The summed E-state index contributed by atoms with van der Waals surface area (Å²) in [6.07, 6.45) is 0. The van der Waals surface area contributed by atoms with Crippen LogP contribution in [0.3, 0.4) is 0 Å². The van der Waals surface area contributed by atoms with Crippen LogP contribution in [0.15, 0.2) is 36.4 Å². The lowest BCUT2D eigenvalue weighted by Crippen LogP contribution is -2.18. The lowest BCUT2D eigenvalue weighted by molar-refractivity contribution is 0.323. The van der Waals surface area contributed by atoms with Crippen LogP contribution in [0.4, 0.5) is 0 Å². The third-order valence-electron chi connectivity index (χ3n) is 3.92. The van der Waals surface area contributed by atoms with E-state index in [1.54, 1.807) is 21.3 Å². The molecule has 0 amide bonds. The van der Waals surface area contributed by atoms with Gasteiger partial charge in [-0.3, -0.25) is 0 Å². The molecule has 2 rings (SSSR count). The van der Waals surface area contributed by atoms with E-state index in [-0.39, 0.29) is 6.04 Å². The summed E-state index contributed by atoms with van der Waals surface area (Å²) in [5, 5.41) is 3.52. The third kappa shape index (κ3) is 4.17. The molecular formula is C19H25NO3. The Kier molecular flexibility index (Phi) is 5.88. The number of benzene rings is 2. The molecule has 0 saturated carbocycles. The molecule has 0 aromatic heterocycles. The van der Waals surface area contributed by atoms with E-state index >= 15 is 0 Å². The number of methoxy groups -OCH3 is 3. The predicted octanol–water partition coefficient (Wildman–Crippen LogP) is 3.87. The minimum absolute atomic E-state index is 0.157. The summed E-state index contributed by atoms with van der Waals surface area (Å²) >= 11 is 0. The van der Waals surface area contributed by atoms with Crippen molar-refractivity contribution in [2.45, 2.75) is 26.4 Å². The van der Waals surface area contributed by atoms with E-state index in [4.69, 9.17) is 14.2 Å². The van der Waals surface area contributed by atoms with Crippen molar-refractivity contribution >= 4 is 0 Å². The first-order valence-electron chi connectivity index (χ1n) is 7.67. The fourth-order valence-electron chi connectivity index (χ4n) is 2.45. The number of aryl methyl sites for hydroxylation is 1. The number of nitrogens with one attached hydrogen (secondary N) is 1. The van der Waals surface area contributed by atoms with Crippen molar-refractivity contribution in [3.8, 4) is 17.2 Å². The van der Waals surface area contributed by atoms with Crippen LogP contribution in [0.25, 0.3) is 0 Å². The Morgan fingerprint density at radius 1 is 0.913 bits per heavy atom. The van der Waals surface area contributed by atoms with Gasteiger partial charge in [-0.05, 0) is 37.1 Å². The summed E-state index contributed by atoms with van der Waals surface area (Å²) in [6, 6.07) is 12.7. The van der Waals surface area contributed by atoms with Crippen molar-refractivity contribution in [2.24, 2.45) is 0 Å². The maximum atomic E-state index is 5.41. The fraction of sp³-hybridized carbons (Fsp3) is 0.368. The Hall–Kier alpha value is -2.20. The maximum Gasteiger partial charge on any atom is 0.203 e. The van der Waals surface area contributed by atoms with Crippen molar-refractivity contribution in [1.29, 1.82) is 0 Å². The predicted molar refractivity (Wildman–Crippen MR) is 92.5 cm³/mol. The molecule has 124 valence electrons. The lowest BCUT2D eigenvalue weighted by atomic mass is 10.1. The van der Waals surface area contributed by atoms with Gasteiger partial charge in [0.15, 0.2) is 11.5 Å².